The highest BCUT2D eigenvalue weighted by Gasteiger charge is 2.32. The average Bonchev–Trinajstić information content (AvgIpc) is 3.53. The Morgan fingerprint density at radius 2 is 1.93 bits per heavy atom. The molecular weight excluding hydrogens is 516 g/mol. The third-order valence-corrected chi connectivity index (χ3v) is 7.40. The standard InChI is InChI=1S/C28H40N6O6/c1-28(2,37)16-39-23-11-10-22-20(14-31-34(22)24(23)17-4-5-17)26(36)32-18-6-8-19(9-7-18)40-27-21(25(29)35)15-30-33(27)12-13-38-3/h10-11,14-15,17-19,25,35,37H,4-9,12-13,16,29H2,1-3H3,(H,32,36). The first kappa shape index (κ1) is 28.3. The zero-order valence-electron chi connectivity index (χ0n) is 23.4. The summed E-state index contributed by atoms with van der Waals surface area (Å²) < 4.78 is 20.8. The van der Waals surface area contributed by atoms with Crippen LogP contribution in [0.2, 0.25) is 0 Å². The molecular formula is C28H40N6O6. The van der Waals surface area contributed by atoms with E-state index in [9.17, 15) is 15.0 Å². The molecule has 12 heteroatoms. The van der Waals surface area contributed by atoms with Gasteiger partial charge in [-0.2, -0.15) is 10.2 Å². The third kappa shape index (κ3) is 6.41. The summed E-state index contributed by atoms with van der Waals surface area (Å²) in [5, 5.41) is 32.1. The van der Waals surface area contributed by atoms with Crippen molar-refractivity contribution < 1.29 is 29.2 Å². The number of nitrogens with one attached hydrogen (secondary N) is 1. The van der Waals surface area contributed by atoms with Crippen LogP contribution in [0.25, 0.3) is 5.52 Å². The van der Waals surface area contributed by atoms with Crippen molar-refractivity contribution in [1.82, 2.24) is 24.7 Å². The van der Waals surface area contributed by atoms with Crippen LogP contribution in [-0.4, -0.2) is 73.6 Å². The minimum absolute atomic E-state index is 0.0116. The molecule has 0 aliphatic heterocycles. The van der Waals surface area contributed by atoms with Crippen LogP contribution in [0.4, 0.5) is 0 Å². The number of rotatable bonds is 12. The van der Waals surface area contributed by atoms with Gasteiger partial charge in [-0.1, -0.05) is 0 Å². The first-order valence-corrected chi connectivity index (χ1v) is 14.0. The summed E-state index contributed by atoms with van der Waals surface area (Å²) in [6.45, 7) is 4.52. The molecule has 218 valence electrons. The van der Waals surface area contributed by atoms with Gasteiger partial charge in [-0.3, -0.25) is 4.79 Å². The molecule has 3 heterocycles. The van der Waals surface area contributed by atoms with Gasteiger partial charge in [-0.25, -0.2) is 9.20 Å². The first-order chi connectivity index (χ1) is 19.1. The molecule has 3 aromatic heterocycles. The highest BCUT2D eigenvalue weighted by Crippen LogP contribution is 2.44. The summed E-state index contributed by atoms with van der Waals surface area (Å²) in [4.78, 5) is 13.3. The molecule has 0 saturated heterocycles. The molecule has 3 aromatic rings. The monoisotopic (exact) mass is 556 g/mol. The summed E-state index contributed by atoms with van der Waals surface area (Å²) >= 11 is 0. The molecule has 0 radical (unpaired) electrons. The van der Waals surface area contributed by atoms with Gasteiger partial charge in [0.05, 0.1) is 53.5 Å². The molecule has 12 nitrogen and oxygen atoms in total. The van der Waals surface area contributed by atoms with Crippen molar-refractivity contribution >= 4 is 11.4 Å². The molecule has 1 atom stereocenters. The molecule has 2 aliphatic rings. The van der Waals surface area contributed by atoms with Gasteiger partial charge in [0.25, 0.3) is 5.91 Å². The summed E-state index contributed by atoms with van der Waals surface area (Å²) in [6.07, 6.45) is 6.95. The Morgan fingerprint density at radius 3 is 2.58 bits per heavy atom. The second kappa shape index (κ2) is 11.7. The Balaban J connectivity index is 1.22. The van der Waals surface area contributed by atoms with E-state index >= 15 is 0 Å². The van der Waals surface area contributed by atoms with E-state index in [-0.39, 0.29) is 24.7 Å². The summed E-state index contributed by atoms with van der Waals surface area (Å²) in [6, 6.07) is 3.74. The summed E-state index contributed by atoms with van der Waals surface area (Å²) in [5.41, 5.74) is 7.42. The number of aromatic nitrogens is 4. The molecule has 1 amide bonds. The van der Waals surface area contributed by atoms with Gasteiger partial charge in [0, 0.05) is 19.1 Å². The summed E-state index contributed by atoms with van der Waals surface area (Å²) in [5.74, 6) is 1.33. The Bertz CT molecular complexity index is 1320. The number of nitrogens with two attached hydrogens (primary N) is 1. The Labute approximate surface area is 233 Å². The summed E-state index contributed by atoms with van der Waals surface area (Å²) in [7, 11) is 1.61. The first-order valence-electron chi connectivity index (χ1n) is 14.0. The second-order valence-electron chi connectivity index (χ2n) is 11.4. The van der Waals surface area contributed by atoms with Crippen molar-refractivity contribution in [2.75, 3.05) is 20.3 Å². The number of hydrogen-bond donors (Lipinski definition) is 4. The van der Waals surface area contributed by atoms with Gasteiger partial charge in [0.2, 0.25) is 5.88 Å². The van der Waals surface area contributed by atoms with Gasteiger partial charge in [0.15, 0.2) is 0 Å². The lowest BCUT2D eigenvalue weighted by atomic mass is 9.92. The fraction of sp³-hybridized carbons (Fsp3) is 0.607. The molecule has 0 spiro atoms. The van der Waals surface area contributed by atoms with Crippen LogP contribution in [0.5, 0.6) is 11.6 Å². The van der Waals surface area contributed by atoms with Gasteiger partial charge >= 0.3 is 0 Å². The Hall–Kier alpha value is -3.19. The number of fused-ring (bicyclic) bond motifs is 1. The van der Waals surface area contributed by atoms with Gasteiger partial charge in [0.1, 0.15) is 24.7 Å². The van der Waals surface area contributed by atoms with Crippen LogP contribution in [0.3, 0.4) is 0 Å². The molecule has 0 bridgehead atoms. The predicted molar refractivity (Wildman–Crippen MR) is 146 cm³/mol. The molecule has 0 aromatic carbocycles. The second-order valence-corrected chi connectivity index (χ2v) is 11.4. The number of amides is 1. The number of methoxy groups -OCH3 is 1. The number of hydrogen-bond acceptors (Lipinski definition) is 9. The molecule has 2 saturated carbocycles. The van der Waals surface area contributed by atoms with E-state index in [4.69, 9.17) is 19.9 Å². The quantitative estimate of drug-likeness (QED) is 0.246. The minimum atomic E-state index is -1.18. The maximum absolute atomic E-state index is 13.3. The Morgan fingerprint density at radius 1 is 1.18 bits per heavy atom. The number of pyridine rings is 1. The van der Waals surface area contributed by atoms with Crippen molar-refractivity contribution in [2.24, 2.45) is 5.73 Å². The lowest BCUT2D eigenvalue weighted by molar-refractivity contribution is 0.0279. The minimum Gasteiger partial charge on any atom is -0.489 e. The fourth-order valence-corrected chi connectivity index (χ4v) is 5.14. The highest BCUT2D eigenvalue weighted by molar-refractivity contribution is 6.00. The van der Waals surface area contributed by atoms with Crippen molar-refractivity contribution in [3.8, 4) is 11.6 Å². The number of aliphatic hydroxyl groups is 2. The number of carbonyl (C=O) groups excluding carboxylic acids is 1. The average molecular weight is 557 g/mol. The SMILES string of the molecule is COCCn1ncc(C(N)O)c1OC1CCC(NC(=O)c2cnn3c(C4CC4)c(OCC(C)(C)O)ccc23)CC1. The van der Waals surface area contributed by atoms with Gasteiger partial charge < -0.3 is 35.5 Å². The lowest BCUT2D eigenvalue weighted by Gasteiger charge is -2.30. The highest BCUT2D eigenvalue weighted by atomic mass is 16.5. The number of nitrogens with zero attached hydrogens (tertiary/aromatic N) is 4. The van der Waals surface area contributed by atoms with E-state index in [1.807, 2.05) is 16.6 Å². The zero-order chi connectivity index (χ0) is 28.4. The maximum Gasteiger partial charge on any atom is 0.255 e. The normalized spacial score (nSPS) is 20.4. The van der Waals surface area contributed by atoms with Crippen LogP contribution in [0.15, 0.2) is 24.5 Å². The molecule has 2 aliphatic carbocycles. The lowest BCUT2D eigenvalue weighted by Crippen LogP contribution is -2.40. The van der Waals surface area contributed by atoms with Crippen molar-refractivity contribution in [1.29, 1.82) is 0 Å². The van der Waals surface area contributed by atoms with Crippen LogP contribution >= 0.6 is 0 Å². The maximum atomic E-state index is 13.3. The van der Waals surface area contributed by atoms with E-state index in [1.54, 1.807) is 31.8 Å². The van der Waals surface area contributed by atoms with E-state index in [2.05, 4.69) is 15.5 Å². The van der Waals surface area contributed by atoms with E-state index < -0.39 is 11.8 Å². The number of aliphatic hydroxyl groups excluding tert-OH is 1. The molecule has 5 N–H and O–H groups in total. The molecule has 5 rings (SSSR count). The number of carbonyl (C=O) groups is 1. The van der Waals surface area contributed by atoms with Crippen LogP contribution in [0, 0.1) is 0 Å². The van der Waals surface area contributed by atoms with E-state index in [1.165, 1.54) is 6.20 Å². The van der Waals surface area contributed by atoms with Crippen LogP contribution in [-0.2, 0) is 11.3 Å². The predicted octanol–water partition coefficient (Wildman–Crippen LogP) is 2.27. The zero-order valence-corrected chi connectivity index (χ0v) is 23.4. The van der Waals surface area contributed by atoms with Crippen molar-refractivity contribution in [3.05, 3.63) is 41.3 Å². The van der Waals surface area contributed by atoms with Crippen LogP contribution < -0.4 is 20.5 Å². The van der Waals surface area contributed by atoms with Crippen molar-refractivity contribution in [2.45, 2.75) is 88.8 Å². The Kier molecular flexibility index (Phi) is 8.31. The third-order valence-electron chi connectivity index (χ3n) is 7.40. The number of ether oxygens (including phenoxy) is 3. The molecule has 1 unspecified atom stereocenters. The fourth-order valence-electron chi connectivity index (χ4n) is 5.14. The largest absolute Gasteiger partial charge is 0.489 e. The van der Waals surface area contributed by atoms with E-state index in [0.29, 0.717) is 41.8 Å². The van der Waals surface area contributed by atoms with Crippen LogP contribution in [0.1, 0.15) is 86.1 Å². The van der Waals surface area contributed by atoms with Crippen molar-refractivity contribution in [3.63, 3.8) is 0 Å². The molecule has 40 heavy (non-hydrogen) atoms. The van der Waals surface area contributed by atoms with E-state index in [0.717, 1.165) is 49.7 Å². The van der Waals surface area contributed by atoms with Gasteiger partial charge in [-0.15, -0.1) is 0 Å². The topological polar surface area (TPSA) is 158 Å². The molecule has 2 fully saturated rings. The smallest absolute Gasteiger partial charge is 0.255 e. The van der Waals surface area contributed by atoms with Gasteiger partial charge in [-0.05, 0) is 64.5 Å².